The average molecular weight is 207 g/mol. The van der Waals surface area contributed by atoms with Gasteiger partial charge in [-0.25, -0.2) is 9.59 Å². The Morgan fingerprint density at radius 2 is 2.07 bits per heavy atom. The topological polar surface area (TPSA) is 86.6 Å². The van der Waals surface area contributed by atoms with Crippen LogP contribution in [-0.2, 0) is 4.79 Å². The maximum absolute atomic E-state index is 10.8. The number of para-hydroxylation sites is 1. The first-order chi connectivity index (χ1) is 7.19. The predicted octanol–water partition coefficient (Wildman–Crippen LogP) is 0.504. The minimum Gasteiger partial charge on any atom is -0.478 e. The van der Waals surface area contributed by atoms with E-state index in [0.717, 1.165) is 0 Å². The maximum atomic E-state index is 10.8. The van der Waals surface area contributed by atoms with Crippen LogP contribution in [0.5, 0.6) is 0 Å². The van der Waals surface area contributed by atoms with Gasteiger partial charge in [-0.1, -0.05) is 12.1 Å². The Kier molecular flexibility index (Phi) is 3.62. The Morgan fingerprint density at radius 3 is 2.60 bits per heavy atom. The van der Waals surface area contributed by atoms with E-state index < -0.39 is 12.6 Å². The van der Waals surface area contributed by atoms with Crippen molar-refractivity contribution in [1.29, 1.82) is 0 Å². The summed E-state index contributed by atoms with van der Waals surface area (Å²) in [5.74, 6) is 0.369. The number of benzene rings is 1. The van der Waals surface area contributed by atoms with Gasteiger partial charge in [0.25, 0.3) is 0 Å². The lowest BCUT2D eigenvalue weighted by Gasteiger charge is -2.07. The zero-order valence-electron chi connectivity index (χ0n) is 7.73. The summed E-state index contributed by atoms with van der Waals surface area (Å²) < 4.78 is 0. The number of carbonyl (C=O) groups is 1. The number of nitrogens with one attached hydrogen (secondary N) is 1. The van der Waals surface area contributed by atoms with Gasteiger partial charge in [0.15, 0.2) is 0 Å². The molecule has 0 radical (unpaired) electrons. The molecule has 0 unspecified atom stereocenters. The molecule has 0 spiro atoms. The quantitative estimate of drug-likeness (QED) is 0.626. The molecular weight excluding hydrogens is 198 g/mol. The third-order valence-corrected chi connectivity index (χ3v) is 1.72. The van der Waals surface area contributed by atoms with Crippen LogP contribution in [0.3, 0.4) is 0 Å². The number of aromatic carboxylic acids is 1. The van der Waals surface area contributed by atoms with Crippen LogP contribution < -0.4 is 5.32 Å². The van der Waals surface area contributed by atoms with Crippen LogP contribution in [0.15, 0.2) is 30.0 Å². The molecule has 0 saturated heterocycles. The summed E-state index contributed by atoms with van der Waals surface area (Å²) in [6.45, 7) is -0.516. The minimum atomic E-state index is -1.11. The lowest BCUT2D eigenvalue weighted by atomic mass is 10.2. The number of carboxylic acids is 1. The number of anilines is 1. The van der Waals surface area contributed by atoms with Crippen LogP contribution in [0.1, 0.15) is 10.4 Å². The number of aliphatic hydroxyl groups excluding tert-OH is 1. The van der Waals surface area contributed by atoms with Crippen LogP contribution in [0, 0.1) is 0 Å². The predicted molar refractivity (Wildman–Crippen MR) is 53.3 cm³/mol. The van der Waals surface area contributed by atoms with E-state index in [-0.39, 0.29) is 16.9 Å². The molecule has 78 valence electrons. The van der Waals surface area contributed by atoms with Gasteiger partial charge in [-0.3, -0.25) is 0 Å². The second-order valence-corrected chi connectivity index (χ2v) is 2.71. The van der Waals surface area contributed by atoms with E-state index in [2.05, 4.69) is 5.32 Å². The summed E-state index contributed by atoms with van der Waals surface area (Å²) in [4.78, 5) is 21.1. The molecule has 3 N–H and O–H groups in total. The van der Waals surface area contributed by atoms with Gasteiger partial charge in [0.1, 0.15) is 11.6 Å². The van der Waals surface area contributed by atoms with Crippen molar-refractivity contribution in [3.05, 3.63) is 35.5 Å². The largest absolute Gasteiger partial charge is 0.478 e. The molecule has 5 heteroatoms. The number of hydrogen-bond acceptors (Lipinski definition) is 4. The Labute approximate surface area is 85.7 Å². The zero-order chi connectivity index (χ0) is 11.3. The van der Waals surface area contributed by atoms with Crippen molar-refractivity contribution in [1.82, 2.24) is 0 Å². The molecular formula is C10H9NO4. The number of hydrogen-bond donors (Lipinski definition) is 3. The summed E-state index contributed by atoms with van der Waals surface area (Å²) in [6.07, 6.45) is 0. The number of rotatable bonds is 4. The highest BCUT2D eigenvalue weighted by atomic mass is 16.4. The second kappa shape index (κ2) is 4.95. The first-order valence-corrected chi connectivity index (χ1v) is 4.13. The highest BCUT2D eigenvalue weighted by Crippen LogP contribution is 2.15. The number of aliphatic hydroxyl groups is 1. The molecule has 0 saturated carbocycles. The van der Waals surface area contributed by atoms with Crippen molar-refractivity contribution in [3.8, 4) is 0 Å². The highest BCUT2D eigenvalue weighted by molar-refractivity contribution is 5.94. The Hall–Kier alpha value is -2.10. The average Bonchev–Trinajstić information content (AvgIpc) is 2.26. The first-order valence-electron chi connectivity index (χ1n) is 4.13. The van der Waals surface area contributed by atoms with E-state index in [1.54, 1.807) is 12.1 Å². The van der Waals surface area contributed by atoms with Crippen LogP contribution in [0.25, 0.3) is 0 Å². The van der Waals surface area contributed by atoms with Crippen molar-refractivity contribution in [3.63, 3.8) is 0 Å². The van der Waals surface area contributed by atoms with Crippen LogP contribution >= 0.6 is 0 Å². The molecule has 0 aliphatic rings. The molecule has 0 aliphatic heterocycles. The van der Waals surface area contributed by atoms with Gasteiger partial charge in [0, 0.05) is 0 Å². The van der Waals surface area contributed by atoms with Gasteiger partial charge in [0.2, 0.25) is 0 Å². The minimum absolute atomic E-state index is 0.0266. The van der Waals surface area contributed by atoms with Gasteiger partial charge >= 0.3 is 5.97 Å². The van der Waals surface area contributed by atoms with Crippen molar-refractivity contribution in [2.45, 2.75) is 0 Å². The summed E-state index contributed by atoms with van der Waals surface area (Å²) >= 11 is 0. The van der Waals surface area contributed by atoms with Gasteiger partial charge in [-0.05, 0) is 12.1 Å². The van der Waals surface area contributed by atoms with E-state index >= 15 is 0 Å². The van der Waals surface area contributed by atoms with E-state index in [1.807, 2.05) is 0 Å². The summed E-state index contributed by atoms with van der Waals surface area (Å²) in [5.41, 5.74) is 0.166. The molecule has 0 aliphatic carbocycles. The smallest absolute Gasteiger partial charge is 0.337 e. The van der Waals surface area contributed by atoms with Crippen LogP contribution in [0.4, 0.5) is 5.69 Å². The molecule has 0 aromatic heterocycles. The Balaban J connectivity index is 3.04. The summed E-state index contributed by atoms with van der Waals surface area (Å²) in [7, 11) is 0. The monoisotopic (exact) mass is 207 g/mol. The first kappa shape index (κ1) is 11.0. The standard InChI is InChI=1S/C10H9NO4/c12-5-7(6-13)11-9-4-2-1-3-8(9)10(14)15/h1-4,11-12H,5H2,(H,14,15). The molecule has 0 bridgehead atoms. The van der Waals surface area contributed by atoms with E-state index in [0.29, 0.717) is 0 Å². The van der Waals surface area contributed by atoms with Gasteiger partial charge in [-0.2, -0.15) is 0 Å². The Morgan fingerprint density at radius 1 is 1.40 bits per heavy atom. The summed E-state index contributed by atoms with van der Waals surface area (Å²) in [5, 5.41) is 20.0. The fraction of sp³-hybridized carbons (Fsp3) is 0.100. The van der Waals surface area contributed by atoms with Crippen molar-refractivity contribution in [2.75, 3.05) is 11.9 Å². The van der Waals surface area contributed by atoms with Crippen LogP contribution in [0.2, 0.25) is 0 Å². The molecule has 0 atom stereocenters. The van der Waals surface area contributed by atoms with E-state index in [9.17, 15) is 9.59 Å². The van der Waals surface area contributed by atoms with Crippen molar-refractivity contribution >= 4 is 17.6 Å². The molecule has 0 heterocycles. The number of carboxylic acid groups (broad SMARTS) is 1. The van der Waals surface area contributed by atoms with E-state index in [1.165, 1.54) is 18.1 Å². The van der Waals surface area contributed by atoms with Crippen molar-refractivity contribution < 1.29 is 19.8 Å². The zero-order valence-corrected chi connectivity index (χ0v) is 7.73. The lowest BCUT2D eigenvalue weighted by Crippen LogP contribution is -2.09. The normalized spacial score (nSPS) is 9.13. The third-order valence-electron chi connectivity index (χ3n) is 1.72. The molecule has 1 aromatic rings. The fourth-order valence-corrected chi connectivity index (χ4v) is 1.04. The maximum Gasteiger partial charge on any atom is 0.337 e. The Bertz CT molecular complexity index is 421. The van der Waals surface area contributed by atoms with Crippen LogP contribution in [-0.4, -0.2) is 28.7 Å². The summed E-state index contributed by atoms with van der Waals surface area (Å²) in [6, 6.07) is 6.08. The number of carbonyl (C=O) groups excluding carboxylic acids is 1. The molecule has 5 nitrogen and oxygen atoms in total. The molecule has 0 amide bonds. The van der Waals surface area contributed by atoms with Gasteiger partial charge < -0.3 is 15.5 Å². The fourth-order valence-electron chi connectivity index (χ4n) is 1.04. The molecule has 15 heavy (non-hydrogen) atoms. The third kappa shape index (κ3) is 2.67. The SMILES string of the molecule is O=C=C(CO)Nc1ccccc1C(=O)O. The molecule has 0 fully saturated rings. The van der Waals surface area contributed by atoms with E-state index in [4.69, 9.17) is 10.2 Å². The second-order valence-electron chi connectivity index (χ2n) is 2.71. The van der Waals surface area contributed by atoms with Gasteiger partial charge in [-0.15, -0.1) is 0 Å². The van der Waals surface area contributed by atoms with Crippen molar-refractivity contribution in [2.24, 2.45) is 0 Å². The lowest BCUT2D eigenvalue weighted by molar-refractivity contribution is 0.0698. The van der Waals surface area contributed by atoms with Gasteiger partial charge in [0.05, 0.1) is 17.9 Å². The molecule has 1 aromatic carbocycles. The highest BCUT2D eigenvalue weighted by Gasteiger charge is 2.09. The molecule has 1 rings (SSSR count).